The molecule has 9 heteroatoms. The summed E-state index contributed by atoms with van der Waals surface area (Å²) >= 11 is 1.47. The number of amides is 1. The first-order valence-electron chi connectivity index (χ1n) is 10.9. The SMILES string of the molecule is Cc1ccc(C)c(S(=O)(=O)N2CCN(C(=O)c3cc4c(C)nn(CC(C)C)c4s3)CC2)c1. The smallest absolute Gasteiger partial charge is 0.264 e. The van der Waals surface area contributed by atoms with Gasteiger partial charge >= 0.3 is 0 Å². The number of piperazine rings is 1. The molecule has 1 amide bonds. The van der Waals surface area contributed by atoms with Crippen molar-refractivity contribution in [1.29, 1.82) is 0 Å². The first-order chi connectivity index (χ1) is 15.1. The number of sulfonamides is 1. The third-order valence-corrected chi connectivity index (χ3v) is 9.02. The molecule has 0 aliphatic carbocycles. The van der Waals surface area contributed by atoms with Crippen molar-refractivity contribution in [2.24, 2.45) is 5.92 Å². The molecule has 0 spiro atoms. The monoisotopic (exact) mass is 474 g/mol. The standard InChI is InChI=1S/C23H30N4O3S2/c1-15(2)14-27-23-19(18(5)24-27)13-20(31-23)22(28)25-8-10-26(11-9-25)32(29,30)21-12-16(3)6-7-17(21)4/h6-7,12-13,15H,8-11,14H2,1-5H3. The maximum Gasteiger partial charge on any atom is 0.264 e. The summed E-state index contributed by atoms with van der Waals surface area (Å²) < 4.78 is 29.8. The van der Waals surface area contributed by atoms with Gasteiger partial charge in [-0.1, -0.05) is 26.0 Å². The molecule has 4 rings (SSSR count). The first-order valence-corrected chi connectivity index (χ1v) is 13.2. The Morgan fingerprint density at radius 3 is 2.44 bits per heavy atom. The molecular weight excluding hydrogens is 444 g/mol. The molecule has 0 radical (unpaired) electrons. The van der Waals surface area contributed by atoms with Gasteiger partial charge in [-0.15, -0.1) is 11.3 Å². The molecule has 1 aromatic carbocycles. The number of carbonyl (C=O) groups is 1. The molecule has 0 N–H and O–H groups in total. The molecule has 2 aromatic heterocycles. The molecule has 3 heterocycles. The van der Waals surface area contributed by atoms with Gasteiger partial charge < -0.3 is 4.90 Å². The van der Waals surface area contributed by atoms with E-state index in [-0.39, 0.29) is 5.91 Å². The van der Waals surface area contributed by atoms with Crippen molar-refractivity contribution >= 4 is 37.5 Å². The Morgan fingerprint density at radius 2 is 1.78 bits per heavy atom. The van der Waals surface area contributed by atoms with E-state index in [2.05, 4.69) is 18.9 Å². The van der Waals surface area contributed by atoms with Crippen molar-refractivity contribution in [3.63, 3.8) is 0 Å². The molecular formula is C23H30N4O3S2. The number of thiophene rings is 1. The molecule has 0 atom stereocenters. The lowest BCUT2D eigenvalue weighted by molar-refractivity contribution is 0.0703. The highest BCUT2D eigenvalue weighted by atomic mass is 32.2. The summed E-state index contributed by atoms with van der Waals surface area (Å²) in [4.78, 5) is 17.0. The van der Waals surface area contributed by atoms with E-state index < -0.39 is 10.0 Å². The van der Waals surface area contributed by atoms with Gasteiger partial charge in [0.05, 0.1) is 15.5 Å². The van der Waals surface area contributed by atoms with Crippen LogP contribution in [0.3, 0.4) is 0 Å². The second-order valence-electron chi connectivity index (χ2n) is 8.96. The Balaban J connectivity index is 1.50. The summed E-state index contributed by atoms with van der Waals surface area (Å²) in [6.07, 6.45) is 0. The first kappa shape index (κ1) is 22.9. The minimum Gasteiger partial charge on any atom is -0.335 e. The summed E-state index contributed by atoms with van der Waals surface area (Å²) in [6, 6.07) is 7.41. The zero-order valence-electron chi connectivity index (χ0n) is 19.3. The quantitative estimate of drug-likeness (QED) is 0.563. The van der Waals surface area contributed by atoms with E-state index >= 15 is 0 Å². The van der Waals surface area contributed by atoms with Crippen LogP contribution in [0.1, 0.15) is 40.3 Å². The third-order valence-electron chi connectivity index (χ3n) is 5.84. The van der Waals surface area contributed by atoms with Crippen LogP contribution in [0.4, 0.5) is 0 Å². The van der Waals surface area contributed by atoms with Crippen LogP contribution in [0.25, 0.3) is 10.2 Å². The number of hydrogen-bond acceptors (Lipinski definition) is 5. The van der Waals surface area contributed by atoms with Crippen molar-refractivity contribution in [3.05, 3.63) is 46.0 Å². The second kappa shape index (κ2) is 8.61. The van der Waals surface area contributed by atoms with Gasteiger partial charge in [-0.2, -0.15) is 9.40 Å². The zero-order chi connectivity index (χ0) is 23.2. The Kier molecular flexibility index (Phi) is 6.17. The summed E-state index contributed by atoms with van der Waals surface area (Å²) in [7, 11) is -3.58. The largest absolute Gasteiger partial charge is 0.335 e. The molecule has 0 bridgehead atoms. The lowest BCUT2D eigenvalue weighted by Crippen LogP contribution is -2.50. The third kappa shape index (κ3) is 4.21. The van der Waals surface area contributed by atoms with Gasteiger partial charge in [0.2, 0.25) is 10.0 Å². The zero-order valence-corrected chi connectivity index (χ0v) is 20.9. The number of rotatable bonds is 5. The molecule has 7 nitrogen and oxygen atoms in total. The number of aromatic nitrogens is 2. The lowest BCUT2D eigenvalue weighted by atomic mass is 10.2. The fourth-order valence-electron chi connectivity index (χ4n) is 4.10. The highest BCUT2D eigenvalue weighted by molar-refractivity contribution is 7.89. The molecule has 32 heavy (non-hydrogen) atoms. The van der Waals surface area contributed by atoms with Crippen LogP contribution in [0.5, 0.6) is 0 Å². The fourth-order valence-corrected chi connectivity index (χ4v) is 6.97. The summed E-state index contributed by atoms with van der Waals surface area (Å²) in [5, 5.41) is 5.63. The molecule has 1 aliphatic rings. The van der Waals surface area contributed by atoms with Gasteiger partial charge in [-0.05, 0) is 49.9 Å². The minimum atomic E-state index is -3.58. The maximum absolute atomic E-state index is 13.2. The number of carbonyl (C=O) groups excluding carboxylic acids is 1. The van der Waals surface area contributed by atoms with Gasteiger partial charge in [0.1, 0.15) is 4.83 Å². The Bertz CT molecular complexity index is 1270. The van der Waals surface area contributed by atoms with Crippen LogP contribution < -0.4 is 0 Å². The van der Waals surface area contributed by atoms with Gasteiger partial charge in [0.15, 0.2) is 0 Å². The van der Waals surface area contributed by atoms with Crippen molar-refractivity contribution in [3.8, 4) is 0 Å². The number of hydrogen-bond donors (Lipinski definition) is 0. The van der Waals surface area contributed by atoms with E-state index in [9.17, 15) is 13.2 Å². The van der Waals surface area contributed by atoms with Gasteiger partial charge in [0, 0.05) is 38.1 Å². The van der Waals surface area contributed by atoms with Crippen molar-refractivity contribution < 1.29 is 13.2 Å². The van der Waals surface area contributed by atoms with Gasteiger partial charge in [-0.3, -0.25) is 9.48 Å². The van der Waals surface area contributed by atoms with Crippen molar-refractivity contribution in [2.45, 2.75) is 46.1 Å². The predicted molar refractivity (Wildman–Crippen MR) is 128 cm³/mol. The van der Waals surface area contributed by atoms with Crippen LogP contribution in [0, 0.1) is 26.7 Å². The Labute approximate surface area is 193 Å². The predicted octanol–water partition coefficient (Wildman–Crippen LogP) is 3.83. The van der Waals surface area contributed by atoms with Crippen molar-refractivity contribution in [1.82, 2.24) is 19.0 Å². The Morgan fingerprint density at radius 1 is 1.09 bits per heavy atom. The highest BCUT2D eigenvalue weighted by Crippen LogP contribution is 2.30. The number of benzene rings is 1. The lowest BCUT2D eigenvalue weighted by Gasteiger charge is -2.34. The molecule has 0 unspecified atom stereocenters. The van der Waals surface area contributed by atoms with E-state index in [0.29, 0.717) is 41.9 Å². The normalized spacial score (nSPS) is 15.8. The van der Waals surface area contributed by atoms with Crippen molar-refractivity contribution in [2.75, 3.05) is 26.2 Å². The van der Waals surface area contributed by atoms with Crippen LogP contribution in [-0.2, 0) is 16.6 Å². The van der Waals surface area contributed by atoms with Crippen LogP contribution >= 0.6 is 11.3 Å². The van der Waals surface area contributed by atoms with Crippen LogP contribution in [0.15, 0.2) is 29.2 Å². The van der Waals surface area contributed by atoms with E-state index in [1.165, 1.54) is 15.6 Å². The minimum absolute atomic E-state index is 0.0366. The van der Waals surface area contributed by atoms with E-state index in [1.807, 2.05) is 43.7 Å². The average Bonchev–Trinajstić information content (AvgIpc) is 3.30. The van der Waals surface area contributed by atoms with Gasteiger partial charge in [-0.25, -0.2) is 8.42 Å². The van der Waals surface area contributed by atoms with E-state index in [4.69, 9.17) is 0 Å². The molecule has 0 saturated carbocycles. The summed E-state index contributed by atoms with van der Waals surface area (Å²) in [5.74, 6) is 0.427. The molecule has 1 aliphatic heterocycles. The highest BCUT2D eigenvalue weighted by Gasteiger charge is 2.32. The van der Waals surface area contributed by atoms with Gasteiger partial charge in [0.25, 0.3) is 5.91 Å². The molecule has 1 fully saturated rings. The molecule has 172 valence electrons. The van der Waals surface area contributed by atoms with Crippen LogP contribution in [-0.4, -0.2) is 59.5 Å². The molecule has 1 saturated heterocycles. The van der Waals surface area contributed by atoms with Crippen LogP contribution in [0.2, 0.25) is 0 Å². The fraction of sp³-hybridized carbons (Fsp3) is 0.478. The average molecular weight is 475 g/mol. The van der Waals surface area contributed by atoms with E-state index in [0.717, 1.165) is 33.6 Å². The maximum atomic E-state index is 13.2. The Hall–Kier alpha value is -2.23. The number of nitrogens with zero attached hydrogens (tertiary/aromatic N) is 4. The van der Waals surface area contributed by atoms with E-state index in [1.54, 1.807) is 11.0 Å². The molecule has 3 aromatic rings. The second-order valence-corrected chi connectivity index (χ2v) is 11.9. The topological polar surface area (TPSA) is 75.5 Å². The number of fused-ring (bicyclic) bond motifs is 1. The number of aryl methyl sites for hydroxylation is 3. The summed E-state index contributed by atoms with van der Waals surface area (Å²) in [6.45, 7) is 12.1. The summed E-state index contributed by atoms with van der Waals surface area (Å²) in [5.41, 5.74) is 2.59.